The number of rotatable bonds is 6. The van der Waals surface area contributed by atoms with Crippen LogP contribution in [0.15, 0.2) is 0 Å². The summed E-state index contributed by atoms with van der Waals surface area (Å²) in [5.41, 5.74) is 0. The van der Waals surface area contributed by atoms with Gasteiger partial charge in [0.1, 0.15) is 0 Å². The molecule has 3 atom stereocenters. The van der Waals surface area contributed by atoms with Gasteiger partial charge in [-0.05, 0) is 25.2 Å². The first kappa shape index (κ1) is 15.3. The highest BCUT2D eigenvalue weighted by molar-refractivity contribution is 5.74. The van der Waals surface area contributed by atoms with Crippen LogP contribution in [0.4, 0.5) is 4.79 Å². The summed E-state index contributed by atoms with van der Waals surface area (Å²) in [6, 6.07) is 0.180. The zero-order valence-electron chi connectivity index (χ0n) is 11.7. The van der Waals surface area contributed by atoms with Crippen molar-refractivity contribution in [1.82, 2.24) is 10.6 Å². The van der Waals surface area contributed by atoms with E-state index in [-0.39, 0.29) is 6.03 Å². The Morgan fingerprint density at radius 1 is 1.39 bits per heavy atom. The van der Waals surface area contributed by atoms with E-state index in [4.69, 9.17) is 0 Å². The number of aliphatic hydroxyl groups is 1. The van der Waals surface area contributed by atoms with Crippen molar-refractivity contribution in [2.75, 3.05) is 6.54 Å². The molecule has 18 heavy (non-hydrogen) atoms. The van der Waals surface area contributed by atoms with Gasteiger partial charge in [0.15, 0.2) is 0 Å². The van der Waals surface area contributed by atoms with Crippen LogP contribution < -0.4 is 10.6 Å². The molecule has 1 rings (SSSR count). The lowest BCUT2D eigenvalue weighted by Crippen LogP contribution is -2.46. The number of amides is 2. The van der Waals surface area contributed by atoms with Crippen LogP contribution in [-0.4, -0.2) is 29.8 Å². The van der Waals surface area contributed by atoms with Crippen LogP contribution in [0.3, 0.4) is 0 Å². The molecule has 4 nitrogen and oxygen atoms in total. The number of carbonyl (C=O) groups is 1. The summed E-state index contributed by atoms with van der Waals surface area (Å²) >= 11 is 0. The van der Waals surface area contributed by atoms with Crippen molar-refractivity contribution in [2.24, 2.45) is 5.92 Å². The van der Waals surface area contributed by atoms with Gasteiger partial charge in [-0.2, -0.15) is 0 Å². The van der Waals surface area contributed by atoms with E-state index in [1.165, 1.54) is 19.3 Å². The van der Waals surface area contributed by atoms with Gasteiger partial charge in [0.2, 0.25) is 0 Å². The predicted octanol–water partition coefficient (Wildman–Crippen LogP) is 2.42. The Morgan fingerprint density at radius 2 is 2.17 bits per heavy atom. The average Bonchev–Trinajstić information content (AvgIpc) is 2.37. The molecular formula is C14H28N2O2. The Morgan fingerprint density at radius 3 is 2.83 bits per heavy atom. The maximum Gasteiger partial charge on any atom is 0.315 e. The third-order valence-corrected chi connectivity index (χ3v) is 3.82. The van der Waals surface area contributed by atoms with Gasteiger partial charge in [-0.1, -0.05) is 39.5 Å². The van der Waals surface area contributed by atoms with Gasteiger partial charge in [-0.3, -0.25) is 0 Å². The lowest BCUT2D eigenvalue weighted by atomic mass is 9.84. The molecule has 1 aliphatic rings. The monoisotopic (exact) mass is 256 g/mol. The minimum Gasteiger partial charge on any atom is -0.391 e. The Bertz CT molecular complexity index is 246. The third kappa shape index (κ3) is 5.71. The topological polar surface area (TPSA) is 61.4 Å². The second-order valence-corrected chi connectivity index (χ2v) is 5.43. The molecule has 0 spiro atoms. The van der Waals surface area contributed by atoms with Crippen molar-refractivity contribution in [3.05, 3.63) is 0 Å². The molecule has 1 fully saturated rings. The van der Waals surface area contributed by atoms with E-state index in [1.807, 2.05) is 6.92 Å². The van der Waals surface area contributed by atoms with Gasteiger partial charge in [0, 0.05) is 12.6 Å². The van der Waals surface area contributed by atoms with Crippen molar-refractivity contribution < 1.29 is 9.90 Å². The van der Waals surface area contributed by atoms with Crippen molar-refractivity contribution in [3.8, 4) is 0 Å². The molecule has 4 heteroatoms. The fourth-order valence-corrected chi connectivity index (χ4v) is 2.68. The first-order valence-electron chi connectivity index (χ1n) is 7.38. The summed E-state index contributed by atoms with van der Waals surface area (Å²) < 4.78 is 0. The Balaban J connectivity index is 2.19. The van der Waals surface area contributed by atoms with E-state index in [9.17, 15) is 9.90 Å². The van der Waals surface area contributed by atoms with Crippen LogP contribution in [0.5, 0.6) is 0 Å². The molecule has 3 N–H and O–H groups in total. The fourth-order valence-electron chi connectivity index (χ4n) is 2.68. The SMILES string of the molecule is CCCC(O)CNC(=O)NC1CCCC(CC)C1. The molecule has 106 valence electrons. The van der Waals surface area contributed by atoms with Gasteiger partial charge in [0.25, 0.3) is 0 Å². The van der Waals surface area contributed by atoms with Crippen molar-refractivity contribution >= 4 is 6.03 Å². The summed E-state index contributed by atoms with van der Waals surface area (Å²) in [7, 11) is 0. The van der Waals surface area contributed by atoms with Gasteiger partial charge < -0.3 is 15.7 Å². The molecule has 0 heterocycles. The van der Waals surface area contributed by atoms with E-state index in [1.54, 1.807) is 0 Å². The Hall–Kier alpha value is -0.770. The van der Waals surface area contributed by atoms with Crippen LogP contribution in [-0.2, 0) is 0 Å². The molecule has 1 aliphatic carbocycles. The summed E-state index contributed by atoms with van der Waals surface area (Å²) in [6.45, 7) is 4.59. The van der Waals surface area contributed by atoms with Gasteiger partial charge in [-0.15, -0.1) is 0 Å². The number of hydrogen-bond acceptors (Lipinski definition) is 2. The summed E-state index contributed by atoms with van der Waals surface area (Å²) in [4.78, 5) is 11.7. The highest BCUT2D eigenvalue weighted by Crippen LogP contribution is 2.26. The molecule has 0 aliphatic heterocycles. The highest BCUT2D eigenvalue weighted by atomic mass is 16.3. The van der Waals surface area contributed by atoms with E-state index in [2.05, 4.69) is 17.6 Å². The normalized spacial score (nSPS) is 25.5. The number of aliphatic hydroxyl groups excluding tert-OH is 1. The van der Waals surface area contributed by atoms with E-state index in [0.29, 0.717) is 12.6 Å². The van der Waals surface area contributed by atoms with Crippen molar-refractivity contribution in [1.29, 1.82) is 0 Å². The minimum atomic E-state index is -0.421. The first-order valence-corrected chi connectivity index (χ1v) is 7.38. The Labute approximate surface area is 111 Å². The number of nitrogens with one attached hydrogen (secondary N) is 2. The second-order valence-electron chi connectivity index (χ2n) is 5.43. The summed E-state index contributed by atoms with van der Waals surface area (Å²) in [5.74, 6) is 0.759. The largest absolute Gasteiger partial charge is 0.391 e. The lowest BCUT2D eigenvalue weighted by molar-refractivity contribution is 0.159. The smallest absolute Gasteiger partial charge is 0.315 e. The molecule has 0 aromatic heterocycles. The molecular weight excluding hydrogens is 228 g/mol. The maximum absolute atomic E-state index is 11.7. The van der Waals surface area contributed by atoms with E-state index < -0.39 is 6.10 Å². The predicted molar refractivity (Wildman–Crippen MR) is 73.5 cm³/mol. The van der Waals surface area contributed by atoms with Gasteiger partial charge in [-0.25, -0.2) is 4.79 Å². The van der Waals surface area contributed by atoms with Crippen LogP contribution >= 0.6 is 0 Å². The van der Waals surface area contributed by atoms with E-state index >= 15 is 0 Å². The molecule has 0 aromatic rings. The Kier molecular flexibility index (Phi) is 7.09. The van der Waals surface area contributed by atoms with Gasteiger partial charge in [0.05, 0.1) is 6.10 Å². The third-order valence-electron chi connectivity index (χ3n) is 3.82. The first-order chi connectivity index (χ1) is 8.65. The molecule has 0 bridgehead atoms. The van der Waals surface area contributed by atoms with Gasteiger partial charge >= 0.3 is 6.03 Å². The maximum atomic E-state index is 11.7. The summed E-state index contributed by atoms with van der Waals surface area (Å²) in [6.07, 6.45) is 7.15. The lowest BCUT2D eigenvalue weighted by Gasteiger charge is -2.29. The number of hydrogen-bond donors (Lipinski definition) is 3. The zero-order valence-corrected chi connectivity index (χ0v) is 11.7. The second kappa shape index (κ2) is 8.35. The van der Waals surface area contributed by atoms with Crippen molar-refractivity contribution in [3.63, 3.8) is 0 Å². The summed E-state index contributed by atoms with van der Waals surface area (Å²) in [5, 5.41) is 15.3. The number of carbonyl (C=O) groups excluding carboxylic acids is 1. The number of urea groups is 1. The molecule has 2 amide bonds. The highest BCUT2D eigenvalue weighted by Gasteiger charge is 2.22. The molecule has 3 unspecified atom stereocenters. The zero-order chi connectivity index (χ0) is 13.4. The molecule has 1 saturated carbocycles. The standard InChI is InChI=1S/C14H28N2O2/c1-3-6-13(17)10-15-14(18)16-12-8-5-7-11(4-2)9-12/h11-13,17H,3-10H2,1-2H3,(H2,15,16,18). The van der Waals surface area contributed by atoms with Crippen molar-refractivity contribution in [2.45, 2.75) is 70.9 Å². The van der Waals surface area contributed by atoms with E-state index in [0.717, 1.165) is 31.6 Å². The van der Waals surface area contributed by atoms with Crippen LogP contribution in [0, 0.1) is 5.92 Å². The van der Waals surface area contributed by atoms with Crippen LogP contribution in [0.1, 0.15) is 58.8 Å². The molecule has 0 aromatic carbocycles. The van der Waals surface area contributed by atoms with Crippen LogP contribution in [0.25, 0.3) is 0 Å². The quantitative estimate of drug-likeness (QED) is 0.683. The van der Waals surface area contributed by atoms with Crippen LogP contribution in [0.2, 0.25) is 0 Å². The fraction of sp³-hybridized carbons (Fsp3) is 0.929. The molecule has 0 saturated heterocycles. The average molecular weight is 256 g/mol. The minimum absolute atomic E-state index is 0.132. The molecule has 0 radical (unpaired) electrons.